The zero-order chi connectivity index (χ0) is 10.3. The van der Waals surface area contributed by atoms with E-state index in [0.29, 0.717) is 19.3 Å². The number of hydrogen-bond acceptors (Lipinski definition) is 2. The summed E-state index contributed by atoms with van der Waals surface area (Å²) in [4.78, 5) is 11.1. The number of aliphatic hydroxyl groups is 1. The van der Waals surface area contributed by atoms with E-state index in [2.05, 4.69) is 0 Å². The van der Waals surface area contributed by atoms with Gasteiger partial charge in [-0.15, -0.1) is 0 Å². The Labute approximate surface area is 78.8 Å². The van der Waals surface area contributed by atoms with Crippen molar-refractivity contribution in [3.63, 3.8) is 0 Å². The van der Waals surface area contributed by atoms with Gasteiger partial charge < -0.3 is 10.2 Å². The Hall–Kier alpha value is -0.570. The van der Waals surface area contributed by atoms with E-state index in [1.54, 1.807) is 6.92 Å². The maximum atomic E-state index is 11.1. The van der Waals surface area contributed by atoms with E-state index in [-0.39, 0.29) is 11.5 Å². The molecule has 2 unspecified atom stereocenters. The lowest BCUT2D eigenvalue weighted by Crippen LogP contribution is -2.47. The molecule has 1 saturated carbocycles. The summed E-state index contributed by atoms with van der Waals surface area (Å²) in [7, 11) is 0. The lowest BCUT2D eigenvalue weighted by molar-refractivity contribution is -0.162. The summed E-state index contributed by atoms with van der Waals surface area (Å²) in [6.07, 6.45) is 1.42. The van der Waals surface area contributed by atoms with E-state index in [0.717, 1.165) is 0 Å². The molecule has 0 spiro atoms. The number of aliphatic carboxylic acids is 1. The van der Waals surface area contributed by atoms with Crippen molar-refractivity contribution in [2.24, 2.45) is 10.8 Å². The lowest BCUT2D eigenvalue weighted by Gasteiger charge is -2.46. The first-order valence-corrected chi connectivity index (χ1v) is 4.71. The highest BCUT2D eigenvalue weighted by atomic mass is 16.4. The highest BCUT2D eigenvalue weighted by molar-refractivity contribution is 5.75. The van der Waals surface area contributed by atoms with Gasteiger partial charge in [-0.25, -0.2) is 0 Å². The van der Waals surface area contributed by atoms with Crippen molar-refractivity contribution in [1.29, 1.82) is 0 Å². The summed E-state index contributed by atoms with van der Waals surface area (Å²) in [6.45, 7) is 5.62. The molecule has 1 fully saturated rings. The van der Waals surface area contributed by atoms with Crippen molar-refractivity contribution in [3.8, 4) is 0 Å². The molecule has 1 aliphatic rings. The Morgan fingerprint density at radius 1 is 1.38 bits per heavy atom. The van der Waals surface area contributed by atoms with Gasteiger partial charge in [0, 0.05) is 0 Å². The van der Waals surface area contributed by atoms with Crippen LogP contribution in [0.1, 0.15) is 40.0 Å². The number of carboxylic acid groups (broad SMARTS) is 1. The fraction of sp³-hybridized carbons (Fsp3) is 0.900. The Balaban J connectivity index is 2.92. The first-order valence-electron chi connectivity index (χ1n) is 4.71. The fourth-order valence-electron chi connectivity index (χ4n) is 2.11. The Morgan fingerprint density at radius 2 is 1.92 bits per heavy atom. The smallest absolute Gasteiger partial charge is 0.309 e. The number of rotatable bonds is 1. The quantitative estimate of drug-likeness (QED) is 0.654. The summed E-state index contributed by atoms with van der Waals surface area (Å²) >= 11 is 0. The molecule has 0 saturated heterocycles. The van der Waals surface area contributed by atoms with Gasteiger partial charge in [-0.1, -0.05) is 13.8 Å². The van der Waals surface area contributed by atoms with Gasteiger partial charge >= 0.3 is 5.97 Å². The van der Waals surface area contributed by atoms with Crippen molar-refractivity contribution < 1.29 is 15.0 Å². The summed E-state index contributed by atoms with van der Waals surface area (Å²) < 4.78 is 0. The maximum Gasteiger partial charge on any atom is 0.309 e. The minimum absolute atomic E-state index is 0.323. The molecular formula is C10H18O3. The Morgan fingerprint density at radius 3 is 2.31 bits per heavy atom. The van der Waals surface area contributed by atoms with Gasteiger partial charge in [-0.3, -0.25) is 4.79 Å². The van der Waals surface area contributed by atoms with Gasteiger partial charge in [-0.2, -0.15) is 0 Å². The van der Waals surface area contributed by atoms with E-state index in [1.807, 2.05) is 13.8 Å². The van der Waals surface area contributed by atoms with E-state index in [1.165, 1.54) is 0 Å². The first kappa shape index (κ1) is 10.5. The normalized spacial score (nSPS) is 38.6. The maximum absolute atomic E-state index is 11.1. The van der Waals surface area contributed by atoms with Crippen molar-refractivity contribution in [3.05, 3.63) is 0 Å². The highest BCUT2D eigenvalue weighted by Gasteiger charge is 2.50. The zero-order valence-electron chi connectivity index (χ0n) is 8.50. The van der Waals surface area contributed by atoms with E-state index >= 15 is 0 Å². The largest absolute Gasteiger partial charge is 0.481 e. The standard InChI is InChI=1S/C10H18O3/c1-9(2)6-7(11)4-5-10(9,3)8(12)13/h7,11H,4-6H2,1-3H3,(H,12,13). The number of aliphatic hydroxyl groups excluding tert-OH is 1. The van der Waals surface area contributed by atoms with Crippen LogP contribution in [0.4, 0.5) is 0 Å². The van der Waals surface area contributed by atoms with Crippen molar-refractivity contribution in [2.75, 3.05) is 0 Å². The summed E-state index contributed by atoms with van der Waals surface area (Å²) in [5, 5.41) is 18.6. The molecule has 0 amide bonds. The number of hydrogen-bond donors (Lipinski definition) is 2. The minimum Gasteiger partial charge on any atom is -0.481 e. The van der Waals surface area contributed by atoms with Crippen LogP contribution in [0, 0.1) is 10.8 Å². The summed E-state index contributed by atoms with van der Waals surface area (Å²) in [5.41, 5.74) is -1.01. The highest BCUT2D eigenvalue weighted by Crippen LogP contribution is 2.50. The van der Waals surface area contributed by atoms with E-state index < -0.39 is 11.4 Å². The van der Waals surface area contributed by atoms with Crippen LogP contribution in [-0.4, -0.2) is 22.3 Å². The van der Waals surface area contributed by atoms with Crippen LogP contribution in [0.2, 0.25) is 0 Å². The molecule has 0 aromatic carbocycles. The summed E-state index contributed by atoms with van der Waals surface area (Å²) in [6, 6.07) is 0. The molecule has 13 heavy (non-hydrogen) atoms. The van der Waals surface area contributed by atoms with Gasteiger partial charge in [0.05, 0.1) is 11.5 Å². The molecule has 76 valence electrons. The fourth-order valence-corrected chi connectivity index (χ4v) is 2.11. The van der Waals surface area contributed by atoms with Crippen molar-refractivity contribution in [2.45, 2.75) is 46.1 Å². The van der Waals surface area contributed by atoms with Crippen molar-refractivity contribution in [1.82, 2.24) is 0 Å². The average Bonchev–Trinajstić information content (AvgIpc) is 1.96. The van der Waals surface area contributed by atoms with Crippen LogP contribution in [0.25, 0.3) is 0 Å². The third-order valence-electron chi connectivity index (χ3n) is 3.69. The van der Waals surface area contributed by atoms with Crippen LogP contribution in [0.5, 0.6) is 0 Å². The molecule has 0 aromatic heterocycles. The minimum atomic E-state index is -0.746. The zero-order valence-corrected chi connectivity index (χ0v) is 8.50. The number of carbonyl (C=O) groups is 1. The monoisotopic (exact) mass is 186 g/mol. The molecule has 0 heterocycles. The second-order valence-electron chi connectivity index (χ2n) is 4.92. The van der Waals surface area contributed by atoms with Gasteiger partial charge in [0.2, 0.25) is 0 Å². The molecule has 0 radical (unpaired) electrons. The lowest BCUT2D eigenvalue weighted by atomic mass is 9.58. The molecular weight excluding hydrogens is 168 g/mol. The third-order valence-corrected chi connectivity index (χ3v) is 3.69. The van der Waals surface area contributed by atoms with Gasteiger partial charge in [-0.05, 0) is 31.6 Å². The summed E-state index contributed by atoms with van der Waals surface area (Å²) in [5.74, 6) is -0.746. The molecule has 1 aliphatic carbocycles. The second-order valence-corrected chi connectivity index (χ2v) is 4.92. The molecule has 3 heteroatoms. The van der Waals surface area contributed by atoms with Gasteiger partial charge in [0.15, 0.2) is 0 Å². The van der Waals surface area contributed by atoms with Crippen LogP contribution >= 0.6 is 0 Å². The third kappa shape index (κ3) is 1.57. The van der Waals surface area contributed by atoms with Gasteiger partial charge in [0.25, 0.3) is 0 Å². The van der Waals surface area contributed by atoms with E-state index in [4.69, 9.17) is 5.11 Å². The van der Waals surface area contributed by atoms with Crippen molar-refractivity contribution >= 4 is 5.97 Å². The van der Waals surface area contributed by atoms with E-state index in [9.17, 15) is 9.90 Å². The first-order chi connectivity index (χ1) is 5.79. The SMILES string of the molecule is CC1(C)CC(O)CCC1(C)C(=O)O. The molecule has 3 nitrogen and oxygen atoms in total. The van der Waals surface area contributed by atoms with Gasteiger partial charge in [0.1, 0.15) is 0 Å². The molecule has 2 N–H and O–H groups in total. The topological polar surface area (TPSA) is 57.5 Å². The molecule has 0 aromatic rings. The Kier molecular flexibility index (Phi) is 2.41. The predicted molar refractivity (Wildman–Crippen MR) is 49.4 cm³/mol. The predicted octanol–water partition coefficient (Wildman–Crippen LogP) is 1.65. The molecule has 2 atom stereocenters. The van der Waals surface area contributed by atoms with Crippen LogP contribution < -0.4 is 0 Å². The van der Waals surface area contributed by atoms with Crippen LogP contribution in [0.15, 0.2) is 0 Å². The van der Waals surface area contributed by atoms with Crippen LogP contribution in [-0.2, 0) is 4.79 Å². The van der Waals surface area contributed by atoms with Crippen LogP contribution in [0.3, 0.4) is 0 Å². The molecule has 0 aliphatic heterocycles. The number of carboxylic acids is 1. The molecule has 0 bridgehead atoms. The average molecular weight is 186 g/mol. The Bertz CT molecular complexity index is 222. The second kappa shape index (κ2) is 2.98. The molecule has 1 rings (SSSR count).